The summed E-state index contributed by atoms with van der Waals surface area (Å²) in [5, 5.41) is 6.69. The van der Waals surface area contributed by atoms with Gasteiger partial charge in [-0.3, -0.25) is 4.99 Å². The Balaban J connectivity index is 1.68. The van der Waals surface area contributed by atoms with Gasteiger partial charge in [0.05, 0.1) is 19.3 Å². The summed E-state index contributed by atoms with van der Waals surface area (Å²) in [7, 11) is 3.52. The summed E-state index contributed by atoms with van der Waals surface area (Å²) in [6, 6.07) is 8.30. The lowest BCUT2D eigenvalue weighted by atomic mass is 10.1. The number of methoxy groups -OCH3 is 1. The van der Waals surface area contributed by atoms with Crippen molar-refractivity contribution in [1.29, 1.82) is 0 Å². The third kappa shape index (κ3) is 7.45. The Morgan fingerprint density at radius 1 is 1.08 bits per heavy atom. The molecule has 1 aromatic rings. The minimum atomic E-state index is 0.445. The Hall–Kier alpha value is -1.59. The third-order valence-corrected chi connectivity index (χ3v) is 4.64. The number of hydrogen-bond acceptors (Lipinski definition) is 3. The number of ether oxygens (including phenoxy) is 2. The molecule has 5 heteroatoms. The van der Waals surface area contributed by atoms with Crippen LogP contribution in [0.4, 0.5) is 0 Å². The largest absolute Gasteiger partial charge is 0.380 e. The van der Waals surface area contributed by atoms with E-state index in [1.165, 1.54) is 49.7 Å². The first-order valence-electron chi connectivity index (χ1n) is 9.45. The quantitative estimate of drug-likeness (QED) is 0.328. The van der Waals surface area contributed by atoms with Crippen molar-refractivity contribution in [2.45, 2.75) is 57.8 Å². The van der Waals surface area contributed by atoms with Crippen molar-refractivity contribution < 1.29 is 9.47 Å². The van der Waals surface area contributed by atoms with E-state index in [-0.39, 0.29) is 0 Å². The lowest BCUT2D eigenvalue weighted by Gasteiger charge is -2.17. The van der Waals surface area contributed by atoms with Crippen molar-refractivity contribution in [3.05, 3.63) is 35.4 Å². The summed E-state index contributed by atoms with van der Waals surface area (Å²) in [4.78, 5) is 4.29. The molecular weight excluding hydrogens is 314 g/mol. The molecule has 0 heterocycles. The first kappa shape index (κ1) is 19.7. The molecular formula is C20H33N3O2. The molecule has 25 heavy (non-hydrogen) atoms. The van der Waals surface area contributed by atoms with Gasteiger partial charge in [0, 0.05) is 27.2 Å². The van der Waals surface area contributed by atoms with Crippen LogP contribution in [0.1, 0.15) is 49.7 Å². The minimum absolute atomic E-state index is 0.445. The van der Waals surface area contributed by atoms with E-state index in [4.69, 9.17) is 9.47 Å². The van der Waals surface area contributed by atoms with Crippen LogP contribution in [0.2, 0.25) is 0 Å². The fraction of sp³-hybridized carbons (Fsp3) is 0.650. The van der Waals surface area contributed by atoms with Gasteiger partial charge in [0.2, 0.25) is 0 Å². The lowest BCUT2D eigenvalue weighted by Crippen LogP contribution is -2.39. The van der Waals surface area contributed by atoms with Crippen LogP contribution in [0.5, 0.6) is 0 Å². The van der Waals surface area contributed by atoms with E-state index in [1.807, 2.05) is 12.1 Å². The number of nitrogens with zero attached hydrogens (tertiary/aromatic N) is 1. The molecule has 140 valence electrons. The SMILES string of the molecule is CN=C(NCCOC1CCCCCC1)NCc1ccccc1COC. The van der Waals surface area contributed by atoms with E-state index in [0.29, 0.717) is 12.7 Å². The van der Waals surface area contributed by atoms with Gasteiger partial charge < -0.3 is 20.1 Å². The van der Waals surface area contributed by atoms with Gasteiger partial charge >= 0.3 is 0 Å². The average molecular weight is 348 g/mol. The van der Waals surface area contributed by atoms with Crippen molar-refractivity contribution in [2.75, 3.05) is 27.3 Å². The zero-order valence-corrected chi connectivity index (χ0v) is 15.7. The number of aliphatic imine (C=N–C) groups is 1. The molecule has 0 atom stereocenters. The number of guanidine groups is 1. The van der Waals surface area contributed by atoms with Gasteiger partial charge in [0.25, 0.3) is 0 Å². The topological polar surface area (TPSA) is 54.9 Å². The maximum atomic E-state index is 6.01. The van der Waals surface area contributed by atoms with Crippen LogP contribution in [-0.2, 0) is 22.6 Å². The van der Waals surface area contributed by atoms with Crippen LogP contribution in [-0.4, -0.2) is 39.4 Å². The standard InChI is InChI=1S/C20H33N3O2/c1-21-20(22-13-14-25-19-11-5-3-4-6-12-19)23-15-17-9-7-8-10-18(17)16-24-2/h7-10,19H,3-6,11-16H2,1-2H3,(H2,21,22,23). The molecule has 0 amide bonds. The Morgan fingerprint density at radius 3 is 2.48 bits per heavy atom. The van der Waals surface area contributed by atoms with E-state index in [9.17, 15) is 0 Å². The zero-order chi connectivity index (χ0) is 17.7. The molecule has 0 bridgehead atoms. The Morgan fingerprint density at radius 2 is 1.80 bits per heavy atom. The summed E-state index contributed by atoms with van der Waals surface area (Å²) in [6.45, 7) is 2.85. The summed E-state index contributed by atoms with van der Waals surface area (Å²) in [6.07, 6.45) is 8.20. The summed E-state index contributed by atoms with van der Waals surface area (Å²) < 4.78 is 11.3. The second-order valence-corrected chi connectivity index (χ2v) is 6.54. The zero-order valence-electron chi connectivity index (χ0n) is 15.7. The second kappa shape index (κ2) is 11.9. The molecule has 0 aliphatic heterocycles. The van der Waals surface area contributed by atoms with Gasteiger partial charge in [-0.1, -0.05) is 49.9 Å². The molecule has 1 aliphatic carbocycles. The number of benzene rings is 1. The molecule has 1 fully saturated rings. The highest BCUT2D eigenvalue weighted by atomic mass is 16.5. The number of rotatable bonds is 8. The second-order valence-electron chi connectivity index (χ2n) is 6.54. The van der Waals surface area contributed by atoms with Crippen molar-refractivity contribution >= 4 is 5.96 Å². The minimum Gasteiger partial charge on any atom is -0.380 e. The maximum absolute atomic E-state index is 6.01. The molecule has 1 aromatic carbocycles. The van der Waals surface area contributed by atoms with Crippen LogP contribution in [0.15, 0.2) is 29.3 Å². The number of nitrogens with one attached hydrogen (secondary N) is 2. The van der Waals surface area contributed by atoms with E-state index in [0.717, 1.165) is 25.7 Å². The predicted octanol–water partition coefficient (Wildman–Crippen LogP) is 3.24. The highest BCUT2D eigenvalue weighted by Gasteiger charge is 2.12. The average Bonchev–Trinajstić information content (AvgIpc) is 2.91. The van der Waals surface area contributed by atoms with E-state index >= 15 is 0 Å². The van der Waals surface area contributed by atoms with Crippen LogP contribution >= 0.6 is 0 Å². The van der Waals surface area contributed by atoms with Gasteiger partial charge in [-0.2, -0.15) is 0 Å². The molecule has 2 rings (SSSR count). The molecule has 1 saturated carbocycles. The van der Waals surface area contributed by atoms with E-state index in [1.54, 1.807) is 14.2 Å². The van der Waals surface area contributed by atoms with Gasteiger partial charge in [-0.15, -0.1) is 0 Å². The van der Waals surface area contributed by atoms with Gasteiger partial charge in [0.1, 0.15) is 0 Å². The lowest BCUT2D eigenvalue weighted by molar-refractivity contribution is 0.0468. The normalized spacial score (nSPS) is 16.5. The van der Waals surface area contributed by atoms with E-state index in [2.05, 4.69) is 27.8 Å². The van der Waals surface area contributed by atoms with Crippen LogP contribution in [0, 0.1) is 0 Å². The van der Waals surface area contributed by atoms with Crippen molar-refractivity contribution in [1.82, 2.24) is 10.6 Å². The summed E-state index contributed by atoms with van der Waals surface area (Å²) in [5.74, 6) is 0.802. The molecule has 0 saturated heterocycles. The van der Waals surface area contributed by atoms with Crippen molar-refractivity contribution in [3.8, 4) is 0 Å². The molecule has 0 unspecified atom stereocenters. The van der Waals surface area contributed by atoms with Crippen molar-refractivity contribution in [3.63, 3.8) is 0 Å². The van der Waals surface area contributed by atoms with Crippen LogP contribution in [0.25, 0.3) is 0 Å². The molecule has 0 radical (unpaired) electrons. The molecule has 2 N–H and O–H groups in total. The van der Waals surface area contributed by atoms with Gasteiger partial charge in [0.15, 0.2) is 5.96 Å². The molecule has 0 aromatic heterocycles. The highest BCUT2D eigenvalue weighted by Crippen LogP contribution is 2.19. The third-order valence-electron chi connectivity index (χ3n) is 4.64. The molecule has 0 spiro atoms. The maximum Gasteiger partial charge on any atom is 0.191 e. The molecule has 1 aliphatic rings. The van der Waals surface area contributed by atoms with Crippen LogP contribution < -0.4 is 10.6 Å². The highest BCUT2D eigenvalue weighted by molar-refractivity contribution is 5.79. The monoisotopic (exact) mass is 347 g/mol. The van der Waals surface area contributed by atoms with E-state index < -0.39 is 0 Å². The Bertz CT molecular complexity index is 511. The van der Waals surface area contributed by atoms with Gasteiger partial charge in [-0.05, 0) is 24.0 Å². The Labute approximate surface area is 152 Å². The smallest absolute Gasteiger partial charge is 0.191 e. The molecule has 5 nitrogen and oxygen atoms in total. The fourth-order valence-corrected chi connectivity index (χ4v) is 3.23. The first-order valence-corrected chi connectivity index (χ1v) is 9.45. The van der Waals surface area contributed by atoms with Crippen LogP contribution in [0.3, 0.4) is 0 Å². The van der Waals surface area contributed by atoms with Gasteiger partial charge in [-0.25, -0.2) is 0 Å². The summed E-state index contributed by atoms with van der Waals surface area (Å²) in [5.41, 5.74) is 2.42. The Kier molecular flexibility index (Phi) is 9.37. The number of hydrogen-bond donors (Lipinski definition) is 2. The van der Waals surface area contributed by atoms with Crippen molar-refractivity contribution in [2.24, 2.45) is 4.99 Å². The first-order chi connectivity index (χ1) is 12.3. The fourth-order valence-electron chi connectivity index (χ4n) is 3.23. The predicted molar refractivity (Wildman–Crippen MR) is 103 cm³/mol. The summed E-state index contributed by atoms with van der Waals surface area (Å²) >= 11 is 0.